The summed E-state index contributed by atoms with van der Waals surface area (Å²) in [5.74, 6) is 3.35. The third-order valence-corrected chi connectivity index (χ3v) is 3.46. The summed E-state index contributed by atoms with van der Waals surface area (Å²) in [4.78, 5) is 4.21. The van der Waals surface area contributed by atoms with Crippen LogP contribution in [0.4, 0.5) is 5.69 Å². The van der Waals surface area contributed by atoms with Crippen molar-refractivity contribution >= 4 is 23.4 Å². The Bertz CT molecular complexity index is 453. The maximum Gasteiger partial charge on any atom is 0.195 e. The van der Waals surface area contributed by atoms with Crippen molar-refractivity contribution in [1.29, 1.82) is 0 Å². The molecule has 0 aliphatic rings. The van der Waals surface area contributed by atoms with E-state index in [1.54, 1.807) is 14.2 Å². The van der Waals surface area contributed by atoms with Gasteiger partial charge in [0.15, 0.2) is 17.5 Å². The second kappa shape index (κ2) is 10.2. The standard InChI is InChI=1S/C15H25N3O2S/c1-5-20-14-11-12(7-8-13(14)19-3)18-15(16-2)17-9-6-10-21-4/h7-8,11H,5-6,9-10H2,1-4H3,(H2,16,17,18). The van der Waals surface area contributed by atoms with Crippen molar-refractivity contribution in [2.75, 3.05) is 44.6 Å². The molecular formula is C15H25N3O2S. The maximum atomic E-state index is 5.57. The number of guanidine groups is 1. The van der Waals surface area contributed by atoms with E-state index in [0.717, 1.165) is 41.9 Å². The molecule has 0 unspecified atom stereocenters. The van der Waals surface area contributed by atoms with Crippen LogP contribution < -0.4 is 20.1 Å². The molecule has 0 aromatic heterocycles. The number of ether oxygens (including phenoxy) is 2. The minimum Gasteiger partial charge on any atom is -0.493 e. The average molecular weight is 311 g/mol. The molecule has 0 radical (unpaired) electrons. The highest BCUT2D eigenvalue weighted by Crippen LogP contribution is 2.30. The fourth-order valence-electron chi connectivity index (χ4n) is 1.76. The zero-order valence-electron chi connectivity index (χ0n) is 13.2. The summed E-state index contributed by atoms with van der Waals surface area (Å²) in [7, 11) is 3.40. The van der Waals surface area contributed by atoms with E-state index in [1.165, 1.54) is 0 Å². The van der Waals surface area contributed by atoms with Crippen molar-refractivity contribution in [3.05, 3.63) is 18.2 Å². The molecule has 0 spiro atoms. The maximum absolute atomic E-state index is 5.57. The lowest BCUT2D eigenvalue weighted by atomic mass is 10.2. The predicted molar refractivity (Wildman–Crippen MR) is 92.1 cm³/mol. The third-order valence-electron chi connectivity index (χ3n) is 2.77. The van der Waals surface area contributed by atoms with Crippen LogP contribution in [-0.4, -0.2) is 45.3 Å². The Labute approximate surface area is 131 Å². The van der Waals surface area contributed by atoms with Gasteiger partial charge in [-0.25, -0.2) is 0 Å². The van der Waals surface area contributed by atoms with Gasteiger partial charge in [0.05, 0.1) is 13.7 Å². The number of rotatable bonds is 8. The normalized spacial score (nSPS) is 11.1. The van der Waals surface area contributed by atoms with E-state index >= 15 is 0 Å². The third kappa shape index (κ3) is 6.16. The van der Waals surface area contributed by atoms with Gasteiger partial charge in [0, 0.05) is 25.3 Å². The zero-order chi connectivity index (χ0) is 15.5. The number of thioether (sulfide) groups is 1. The minimum atomic E-state index is 0.599. The molecule has 0 aliphatic heterocycles. The summed E-state index contributed by atoms with van der Waals surface area (Å²) in [6.45, 7) is 3.45. The van der Waals surface area contributed by atoms with E-state index in [0.29, 0.717) is 6.61 Å². The number of hydrogen-bond acceptors (Lipinski definition) is 4. The van der Waals surface area contributed by atoms with Gasteiger partial charge in [-0.05, 0) is 37.5 Å². The summed E-state index contributed by atoms with van der Waals surface area (Å²) in [5, 5.41) is 6.54. The second-order valence-corrected chi connectivity index (χ2v) is 5.25. The first-order valence-electron chi connectivity index (χ1n) is 7.02. The molecule has 0 atom stereocenters. The topological polar surface area (TPSA) is 54.9 Å². The van der Waals surface area contributed by atoms with Gasteiger partial charge < -0.3 is 20.1 Å². The van der Waals surface area contributed by atoms with Crippen LogP contribution in [-0.2, 0) is 0 Å². The molecule has 1 aromatic rings. The molecule has 2 N–H and O–H groups in total. The molecule has 5 nitrogen and oxygen atoms in total. The smallest absolute Gasteiger partial charge is 0.195 e. The molecule has 0 saturated carbocycles. The number of benzene rings is 1. The molecule has 0 bridgehead atoms. The molecule has 1 aromatic carbocycles. The van der Waals surface area contributed by atoms with E-state index in [9.17, 15) is 0 Å². The van der Waals surface area contributed by atoms with E-state index < -0.39 is 0 Å². The van der Waals surface area contributed by atoms with E-state index in [2.05, 4.69) is 21.9 Å². The molecule has 0 fully saturated rings. The van der Waals surface area contributed by atoms with E-state index in [1.807, 2.05) is 36.9 Å². The van der Waals surface area contributed by atoms with Crippen molar-refractivity contribution in [3.8, 4) is 11.5 Å². The largest absolute Gasteiger partial charge is 0.493 e. The van der Waals surface area contributed by atoms with Gasteiger partial charge in [0.2, 0.25) is 0 Å². The van der Waals surface area contributed by atoms with Crippen molar-refractivity contribution in [3.63, 3.8) is 0 Å². The quantitative estimate of drug-likeness (QED) is 0.439. The second-order valence-electron chi connectivity index (χ2n) is 4.27. The van der Waals surface area contributed by atoms with Gasteiger partial charge in [-0.3, -0.25) is 4.99 Å². The summed E-state index contributed by atoms with van der Waals surface area (Å²) in [6.07, 6.45) is 3.22. The van der Waals surface area contributed by atoms with Crippen LogP contribution in [0.5, 0.6) is 11.5 Å². The van der Waals surface area contributed by atoms with Crippen LogP contribution in [0.25, 0.3) is 0 Å². The van der Waals surface area contributed by atoms with Crippen molar-refractivity contribution < 1.29 is 9.47 Å². The number of hydrogen-bond donors (Lipinski definition) is 2. The Balaban J connectivity index is 2.65. The van der Waals surface area contributed by atoms with E-state index in [-0.39, 0.29) is 0 Å². The molecule has 0 aliphatic carbocycles. The number of anilines is 1. The van der Waals surface area contributed by atoms with Gasteiger partial charge in [-0.1, -0.05) is 0 Å². The lowest BCUT2D eigenvalue weighted by Gasteiger charge is -2.14. The van der Waals surface area contributed by atoms with Crippen LogP contribution in [0.15, 0.2) is 23.2 Å². The summed E-state index contributed by atoms with van der Waals surface area (Å²) in [5.41, 5.74) is 0.914. The monoisotopic (exact) mass is 311 g/mol. The molecule has 0 heterocycles. The SMILES string of the molecule is CCOc1cc(NC(=NC)NCCCSC)ccc1OC. The minimum absolute atomic E-state index is 0.599. The lowest BCUT2D eigenvalue weighted by molar-refractivity contribution is 0.311. The van der Waals surface area contributed by atoms with E-state index in [4.69, 9.17) is 9.47 Å². The number of nitrogens with zero attached hydrogens (tertiary/aromatic N) is 1. The number of aliphatic imine (C=N–C) groups is 1. The Hall–Kier alpha value is -1.56. The highest BCUT2D eigenvalue weighted by molar-refractivity contribution is 7.98. The Morgan fingerprint density at radius 1 is 1.33 bits per heavy atom. The first-order valence-corrected chi connectivity index (χ1v) is 8.42. The molecule has 6 heteroatoms. The van der Waals surface area contributed by atoms with Crippen LogP contribution in [0.2, 0.25) is 0 Å². The number of methoxy groups -OCH3 is 1. The fourth-order valence-corrected chi connectivity index (χ4v) is 2.19. The van der Waals surface area contributed by atoms with Crippen molar-refractivity contribution in [2.45, 2.75) is 13.3 Å². The predicted octanol–water partition coefficient (Wildman–Crippen LogP) is 2.83. The summed E-state index contributed by atoms with van der Waals surface area (Å²) >= 11 is 1.85. The summed E-state index contributed by atoms with van der Waals surface area (Å²) < 4.78 is 10.8. The first kappa shape index (κ1) is 17.5. The van der Waals surface area contributed by atoms with Crippen LogP contribution >= 0.6 is 11.8 Å². The number of nitrogens with one attached hydrogen (secondary N) is 2. The molecular weight excluding hydrogens is 286 g/mol. The zero-order valence-corrected chi connectivity index (χ0v) is 14.0. The van der Waals surface area contributed by atoms with Crippen LogP contribution in [0, 0.1) is 0 Å². The Morgan fingerprint density at radius 2 is 2.14 bits per heavy atom. The molecule has 1 rings (SSSR count). The van der Waals surface area contributed by atoms with Gasteiger partial charge >= 0.3 is 0 Å². The van der Waals surface area contributed by atoms with Gasteiger partial charge in [0.1, 0.15) is 0 Å². The molecule has 0 saturated heterocycles. The highest BCUT2D eigenvalue weighted by atomic mass is 32.2. The Morgan fingerprint density at radius 3 is 2.76 bits per heavy atom. The lowest BCUT2D eigenvalue weighted by Crippen LogP contribution is -2.31. The fraction of sp³-hybridized carbons (Fsp3) is 0.533. The average Bonchev–Trinajstić information content (AvgIpc) is 2.51. The van der Waals surface area contributed by atoms with Gasteiger partial charge in [-0.15, -0.1) is 0 Å². The van der Waals surface area contributed by atoms with Gasteiger partial charge in [0.25, 0.3) is 0 Å². The van der Waals surface area contributed by atoms with Crippen molar-refractivity contribution in [1.82, 2.24) is 5.32 Å². The van der Waals surface area contributed by atoms with Crippen LogP contribution in [0.1, 0.15) is 13.3 Å². The highest BCUT2D eigenvalue weighted by Gasteiger charge is 2.06. The van der Waals surface area contributed by atoms with Gasteiger partial charge in [-0.2, -0.15) is 11.8 Å². The Kier molecular flexibility index (Phi) is 8.50. The molecule has 21 heavy (non-hydrogen) atoms. The molecule has 118 valence electrons. The first-order chi connectivity index (χ1) is 10.2. The molecule has 0 amide bonds. The van der Waals surface area contributed by atoms with Crippen molar-refractivity contribution in [2.24, 2.45) is 4.99 Å². The summed E-state index contributed by atoms with van der Waals surface area (Å²) in [6, 6.07) is 5.74. The van der Waals surface area contributed by atoms with Crippen LogP contribution in [0.3, 0.4) is 0 Å².